The summed E-state index contributed by atoms with van der Waals surface area (Å²) in [6.45, 7) is 3.64. The molecular weight excluding hydrogens is 212 g/mol. The second-order valence-electron chi connectivity index (χ2n) is 2.03. The van der Waals surface area contributed by atoms with Gasteiger partial charge in [-0.25, -0.2) is 9.59 Å². The highest BCUT2D eigenvalue weighted by atomic mass is 16.4. The summed E-state index contributed by atoms with van der Waals surface area (Å²) in [5.41, 5.74) is 0. The molecule has 0 saturated carbocycles. The van der Waals surface area contributed by atoms with Crippen LogP contribution in [-0.2, 0) is 9.59 Å². The van der Waals surface area contributed by atoms with Crippen molar-refractivity contribution >= 4 is 11.9 Å². The van der Waals surface area contributed by atoms with Crippen LogP contribution in [0.3, 0.4) is 0 Å². The van der Waals surface area contributed by atoms with Gasteiger partial charge in [-0.15, -0.1) is 0 Å². The molecule has 0 aliphatic heterocycles. The van der Waals surface area contributed by atoms with E-state index in [2.05, 4.69) is 0 Å². The molecule has 0 bridgehead atoms. The Morgan fingerprint density at radius 1 is 1.00 bits per heavy atom. The van der Waals surface area contributed by atoms with Crippen LogP contribution in [-0.4, -0.2) is 22.2 Å². The lowest BCUT2D eigenvalue weighted by Gasteiger charge is -1.74. The number of carboxylic acid groups (broad SMARTS) is 2. The molecule has 16 heavy (non-hydrogen) atoms. The first-order chi connectivity index (χ1) is 7.45. The fourth-order valence-electron chi connectivity index (χ4n) is 0.143. The van der Waals surface area contributed by atoms with E-state index in [4.69, 9.17) is 20.7 Å². The number of hydrogen-bond donors (Lipinski definition) is 2. The van der Waals surface area contributed by atoms with Gasteiger partial charge in [0.25, 0.3) is 0 Å². The summed E-state index contributed by atoms with van der Waals surface area (Å²) in [5.74, 6) is -2.51. The van der Waals surface area contributed by atoms with Crippen molar-refractivity contribution in [3.05, 3.63) is 12.2 Å². The zero-order chi connectivity index (χ0) is 13.4. The average Bonchev–Trinajstić information content (AvgIpc) is 2.27. The molecule has 0 saturated heterocycles. The number of aliphatic carboxylic acids is 2. The van der Waals surface area contributed by atoms with Crippen molar-refractivity contribution in [2.45, 2.75) is 26.7 Å². The van der Waals surface area contributed by atoms with Crippen LogP contribution in [0.25, 0.3) is 0 Å². The lowest BCUT2D eigenvalue weighted by Crippen LogP contribution is -1.91. The van der Waals surface area contributed by atoms with Gasteiger partial charge in [-0.2, -0.15) is 10.5 Å². The highest BCUT2D eigenvalue weighted by Gasteiger charge is 1.88. The van der Waals surface area contributed by atoms with Gasteiger partial charge in [-0.3, -0.25) is 0 Å². The van der Waals surface area contributed by atoms with Gasteiger partial charge in [0.2, 0.25) is 0 Å². The van der Waals surface area contributed by atoms with Gasteiger partial charge in [0.05, 0.1) is 12.1 Å². The smallest absolute Gasteiger partial charge is 0.328 e. The molecule has 6 nitrogen and oxygen atoms in total. The largest absolute Gasteiger partial charge is 0.478 e. The third kappa shape index (κ3) is 61.0. The van der Waals surface area contributed by atoms with E-state index in [-0.39, 0.29) is 0 Å². The summed E-state index contributed by atoms with van der Waals surface area (Å²) in [6, 6.07) is 3.86. The molecule has 0 spiro atoms. The van der Waals surface area contributed by atoms with Crippen LogP contribution in [0.1, 0.15) is 26.7 Å². The molecule has 0 rings (SSSR count). The Hall–Kier alpha value is -2.34. The van der Waals surface area contributed by atoms with Crippen molar-refractivity contribution in [3.63, 3.8) is 0 Å². The van der Waals surface area contributed by atoms with E-state index < -0.39 is 11.9 Å². The Bertz CT molecular complexity index is 267. The molecule has 0 radical (unpaired) electrons. The van der Waals surface area contributed by atoms with Crippen molar-refractivity contribution in [2.75, 3.05) is 0 Å². The Balaban J connectivity index is -0.000000179. The first kappa shape index (κ1) is 19.3. The molecule has 0 atom stereocenters. The fraction of sp³-hybridized carbons (Fsp3) is 0.400. The zero-order valence-electron chi connectivity index (χ0n) is 9.17. The predicted molar refractivity (Wildman–Crippen MR) is 56.2 cm³/mol. The summed E-state index contributed by atoms with van der Waals surface area (Å²) in [7, 11) is 0. The van der Waals surface area contributed by atoms with Crippen LogP contribution >= 0.6 is 0 Å². The van der Waals surface area contributed by atoms with Crippen LogP contribution in [0.15, 0.2) is 12.2 Å². The average molecular weight is 226 g/mol. The summed E-state index contributed by atoms with van der Waals surface area (Å²) < 4.78 is 0. The topological polar surface area (TPSA) is 122 Å². The third-order valence-electron chi connectivity index (χ3n) is 0.685. The maximum atomic E-state index is 9.55. The van der Waals surface area contributed by atoms with Crippen molar-refractivity contribution in [3.8, 4) is 12.1 Å². The third-order valence-corrected chi connectivity index (χ3v) is 0.685. The van der Waals surface area contributed by atoms with E-state index in [0.29, 0.717) is 25.0 Å². The van der Waals surface area contributed by atoms with Gasteiger partial charge < -0.3 is 10.2 Å². The monoisotopic (exact) mass is 226 g/mol. The predicted octanol–water partition coefficient (Wildman–Crippen LogP) is 1.55. The van der Waals surface area contributed by atoms with Gasteiger partial charge >= 0.3 is 11.9 Å². The Labute approximate surface area is 94.0 Å². The number of nitriles is 2. The molecule has 0 aliphatic carbocycles. The van der Waals surface area contributed by atoms with Crippen molar-refractivity contribution < 1.29 is 19.8 Å². The number of hydrogen-bond acceptors (Lipinski definition) is 4. The van der Waals surface area contributed by atoms with Gasteiger partial charge in [-0.05, 0) is 0 Å². The summed E-state index contributed by atoms with van der Waals surface area (Å²) in [6.07, 6.45) is 2.37. The molecule has 0 aromatic carbocycles. The number of carboxylic acids is 2. The number of rotatable bonds is 2. The van der Waals surface area contributed by atoms with Crippen molar-refractivity contribution in [1.29, 1.82) is 10.5 Å². The summed E-state index contributed by atoms with van der Waals surface area (Å²) in [4.78, 5) is 19.1. The molecule has 0 fully saturated rings. The molecule has 88 valence electrons. The number of carbonyl (C=O) groups is 2. The maximum Gasteiger partial charge on any atom is 0.328 e. The summed E-state index contributed by atoms with van der Waals surface area (Å²) >= 11 is 0. The Kier molecular flexibility index (Phi) is 22.2. The van der Waals surface area contributed by atoms with E-state index in [1.54, 1.807) is 0 Å². The molecular formula is C10H14N2O4. The highest BCUT2D eigenvalue weighted by Crippen LogP contribution is 1.70. The normalized spacial score (nSPS) is 7.25. The number of nitrogens with zero attached hydrogens (tertiary/aromatic N) is 2. The fourth-order valence-corrected chi connectivity index (χ4v) is 0.143. The minimum Gasteiger partial charge on any atom is -0.478 e. The highest BCUT2D eigenvalue weighted by molar-refractivity contribution is 5.89. The van der Waals surface area contributed by atoms with Crippen molar-refractivity contribution in [2.24, 2.45) is 0 Å². The molecule has 0 unspecified atom stereocenters. The van der Waals surface area contributed by atoms with E-state index in [9.17, 15) is 9.59 Å². The standard InChI is InChI=1S/C4H4O4.2C3H5N/c5-3(6)1-2-4(7)8;2*1-2-3-4/h1-2H,(H,5,6)(H,7,8);2*2H2,1H3/b2-1-;;. The van der Waals surface area contributed by atoms with Gasteiger partial charge in [0.1, 0.15) is 0 Å². The molecule has 0 aliphatic rings. The molecule has 0 heterocycles. The Morgan fingerprint density at radius 2 is 1.19 bits per heavy atom. The van der Waals surface area contributed by atoms with E-state index in [1.807, 2.05) is 26.0 Å². The summed E-state index contributed by atoms with van der Waals surface area (Å²) in [5, 5.41) is 30.9. The maximum absolute atomic E-state index is 9.55. The zero-order valence-corrected chi connectivity index (χ0v) is 9.17. The first-order valence-corrected chi connectivity index (χ1v) is 4.33. The van der Waals surface area contributed by atoms with E-state index >= 15 is 0 Å². The quantitative estimate of drug-likeness (QED) is 0.688. The van der Waals surface area contributed by atoms with Crippen molar-refractivity contribution in [1.82, 2.24) is 0 Å². The molecule has 0 aromatic heterocycles. The van der Waals surface area contributed by atoms with Gasteiger partial charge in [-0.1, -0.05) is 13.8 Å². The minimum atomic E-state index is -1.26. The first-order valence-electron chi connectivity index (χ1n) is 4.33. The molecule has 0 amide bonds. The van der Waals surface area contributed by atoms with Crippen LogP contribution in [0.4, 0.5) is 0 Å². The minimum absolute atomic E-state index is 0.558. The second-order valence-corrected chi connectivity index (χ2v) is 2.03. The van der Waals surface area contributed by atoms with Crippen LogP contribution in [0.2, 0.25) is 0 Å². The van der Waals surface area contributed by atoms with Crippen LogP contribution < -0.4 is 0 Å². The van der Waals surface area contributed by atoms with E-state index in [0.717, 1.165) is 0 Å². The molecule has 0 aromatic rings. The van der Waals surface area contributed by atoms with Crippen LogP contribution in [0, 0.1) is 22.7 Å². The second kappa shape index (κ2) is 18.4. The van der Waals surface area contributed by atoms with E-state index in [1.165, 1.54) is 0 Å². The molecule has 6 heteroatoms. The Morgan fingerprint density at radius 3 is 1.25 bits per heavy atom. The lowest BCUT2D eigenvalue weighted by molar-refractivity contribution is -0.134. The SMILES string of the molecule is CCC#N.CCC#N.O=C(O)/C=C\C(=O)O. The molecule has 2 N–H and O–H groups in total. The van der Waals surface area contributed by atoms with Gasteiger partial charge in [0.15, 0.2) is 0 Å². The van der Waals surface area contributed by atoms with Crippen LogP contribution in [0.5, 0.6) is 0 Å². The lowest BCUT2D eigenvalue weighted by atomic mass is 10.5. The van der Waals surface area contributed by atoms with Gasteiger partial charge in [0, 0.05) is 25.0 Å².